The number of carbonyl (C=O) groups is 1. The smallest absolute Gasteiger partial charge is 0.291 e. The van der Waals surface area contributed by atoms with Crippen LogP contribution in [0.5, 0.6) is 5.75 Å². The summed E-state index contributed by atoms with van der Waals surface area (Å²) in [6, 6.07) is 12.5. The van der Waals surface area contributed by atoms with E-state index in [1.54, 1.807) is 18.2 Å². The second-order valence-corrected chi connectivity index (χ2v) is 5.78. The Morgan fingerprint density at radius 3 is 2.80 bits per heavy atom. The molecule has 1 amide bonds. The van der Waals surface area contributed by atoms with Crippen molar-refractivity contribution in [3.63, 3.8) is 0 Å². The van der Waals surface area contributed by atoms with Crippen LogP contribution in [0.25, 0.3) is 11.0 Å². The summed E-state index contributed by atoms with van der Waals surface area (Å²) in [6.07, 6.45) is 0. The van der Waals surface area contributed by atoms with Gasteiger partial charge < -0.3 is 19.2 Å². The third-order valence-corrected chi connectivity index (χ3v) is 4.00. The van der Waals surface area contributed by atoms with Crippen LogP contribution in [0.4, 0.5) is 5.69 Å². The Morgan fingerprint density at radius 2 is 2.04 bits per heavy atom. The first-order valence-corrected chi connectivity index (χ1v) is 8.25. The van der Waals surface area contributed by atoms with Gasteiger partial charge in [0.2, 0.25) is 0 Å². The number of hydrogen-bond donors (Lipinski definition) is 1. The average molecular weight is 360 g/mol. The van der Waals surface area contributed by atoms with Crippen LogP contribution >= 0.6 is 11.6 Å². The van der Waals surface area contributed by atoms with Crippen LogP contribution in [-0.2, 0) is 11.3 Å². The van der Waals surface area contributed by atoms with Crippen LogP contribution in [0.3, 0.4) is 0 Å². The number of carbonyl (C=O) groups excluding carboxylic acids is 1. The Morgan fingerprint density at radius 1 is 1.24 bits per heavy atom. The highest BCUT2D eigenvalue weighted by molar-refractivity contribution is 6.31. The second-order valence-electron chi connectivity index (χ2n) is 5.34. The van der Waals surface area contributed by atoms with Crippen molar-refractivity contribution in [2.75, 3.05) is 19.0 Å². The fourth-order valence-electron chi connectivity index (χ4n) is 2.59. The van der Waals surface area contributed by atoms with Crippen LogP contribution in [0.1, 0.15) is 23.0 Å². The maximum Gasteiger partial charge on any atom is 0.291 e. The molecule has 3 aromatic rings. The van der Waals surface area contributed by atoms with Gasteiger partial charge in [0.25, 0.3) is 5.91 Å². The number of ether oxygens (including phenoxy) is 2. The number of anilines is 1. The van der Waals surface area contributed by atoms with E-state index >= 15 is 0 Å². The topological polar surface area (TPSA) is 60.7 Å². The van der Waals surface area contributed by atoms with E-state index in [-0.39, 0.29) is 11.7 Å². The lowest BCUT2D eigenvalue weighted by Crippen LogP contribution is -2.14. The lowest BCUT2D eigenvalue weighted by molar-refractivity contribution is 0.0984. The monoisotopic (exact) mass is 359 g/mol. The highest BCUT2D eigenvalue weighted by atomic mass is 35.5. The third-order valence-electron chi connectivity index (χ3n) is 3.76. The summed E-state index contributed by atoms with van der Waals surface area (Å²) in [4.78, 5) is 12.8. The summed E-state index contributed by atoms with van der Waals surface area (Å²) in [5, 5.41) is 4.15. The summed E-state index contributed by atoms with van der Waals surface area (Å²) in [6.45, 7) is 2.74. The molecule has 0 spiro atoms. The maximum atomic E-state index is 12.8. The third kappa shape index (κ3) is 3.62. The van der Waals surface area contributed by atoms with Crippen molar-refractivity contribution < 1.29 is 18.7 Å². The van der Waals surface area contributed by atoms with Crippen LogP contribution in [0.15, 0.2) is 46.9 Å². The molecule has 0 aliphatic carbocycles. The van der Waals surface area contributed by atoms with Crippen LogP contribution in [0.2, 0.25) is 5.02 Å². The van der Waals surface area contributed by atoms with Gasteiger partial charge in [-0.25, -0.2) is 0 Å². The maximum absolute atomic E-state index is 12.8. The number of amides is 1. The number of benzene rings is 2. The Labute approximate surface area is 150 Å². The van der Waals surface area contributed by atoms with E-state index in [1.165, 1.54) is 7.11 Å². The first-order valence-electron chi connectivity index (χ1n) is 7.87. The number of rotatable bonds is 6. The predicted molar refractivity (Wildman–Crippen MR) is 97.5 cm³/mol. The lowest BCUT2D eigenvalue weighted by atomic mass is 10.1. The minimum Gasteiger partial charge on any atom is -0.495 e. The van der Waals surface area contributed by atoms with Gasteiger partial charge in [-0.05, 0) is 31.2 Å². The van der Waals surface area contributed by atoms with Crippen LogP contribution in [0, 0.1) is 0 Å². The summed E-state index contributed by atoms with van der Waals surface area (Å²) in [5.74, 6) is 0.350. The molecule has 0 aliphatic rings. The van der Waals surface area contributed by atoms with E-state index in [9.17, 15) is 4.79 Å². The van der Waals surface area contributed by atoms with Gasteiger partial charge in [-0.3, -0.25) is 4.79 Å². The molecule has 0 unspecified atom stereocenters. The van der Waals surface area contributed by atoms with Crippen molar-refractivity contribution in [3.05, 3.63) is 58.8 Å². The molecule has 0 radical (unpaired) electrons. The molecule has 2 aromatic carbocycles. The summed E-state index contributed by atoms with van der Waals surface area (Å²) in [5.41, 5.74) is 1.83. The van der Waals surface area contributed by atoms with E-state index in [2.05, 4.69) is 5.32 Å². The standard InChI is InChI=1S/C19H18ClNO4/c1-3-24-11-14-13-6-4-5-7-16(13)25-18(14)19(22)21-15-10-12(20)8-9-17(15)23-2/h4-10H,3,11H2,1-2H3,(H,21,22). The van der Waals surface area contributed by atoms with Gasteiger partial charge >= 0.3 is 0 Å². The van der Waals surface area contributed by atoms with Crippen LogP contribution < -0.4 is 10.1 Å². The summed E-state index contributed by atoms with van der Waals surface area (Å²) < 4.78 is 16.5. The van der Waals surface area contributed by atoms with Crippen molar-refractivity contribution in [1.82, 2.24) is 0 Å². The van der Waals surface area contributed by atoms with Crippen molar-refractivity contribution >= 4 is 34.2 Å². The Kier molecular flexibility index (Phi) is 5.26. The summed E-state index contributed by atoms with van der Waals surface area (Å²) in [7, 11) is 1.53. The first-order chi connectivity index (χ1) is 12.1. The van der Waals surface area contributed by atoms with Gasteiger partial charge in [-0.15, -0.1) is 0 Å². The van der Waals surface area contributed by atoms with E-state index in [1.807, 2.05) is 31.2 Å². The molecule has 0 atom stereocenters. The number of hydrogen-bond acceptors (Lipinski definition) is 4. The molecule has 0 saturated carbocycles. The van der Waals surface area contributed by atoms with Crippen molar-refractivity contribution in [2.45, 2.75) is 13.5 Å². The molecule has 1 aromatic heterocycles. The van der Waals surface area contributed by atoms with E-state index in [0.717, 1.165) is 10.9 Å². The molecule has 0 saturated heterocycles. The highest BCUT2D eigenvalue weighted by Gasteiger charge is 2.21. The molecule has 0 fully saturated rings. The predicted octanol–water partition coefficient (Wildman–Crippen LogP) is 4.88. The van der Waals surface area contributed by atoms with E-state index < -0.39 is 0 Å². The molecule has 1 N–H and O–H groups in total. The number of methoxy groups -OCH3 is 1. The Bertz CT molecular complexity index is 904. The molecule has 5 nitrogen and oxygen atoms in total. The fourth-order valence-corrected chi connectivity index (χ4v) is 2.76. The molecular formula is C19H18ClNO4. The molecule has 130 valence electrons. The van der Waals surface area contributed by atoms with Gasteiger partial charge in [0.05, 0.1) is 19.4 Å². The van der Waals surface area contributed by atoms with Gasteiger partial charge in [0, 0.05) is 22.6 Å². The van der Waals surface area contributed by atoms with Crippen molar-refractivity contribution in [1.29, 1.82) is 0 Å². The second kappa shape index (κ2) is 7.59. The molecule has 0 aliphatic heterocycles. The minimum atomic E-state index is -0.383. The average Bonchev–Trinajstić information content (AvgIpc) is 2.99. The normalized spacial score (nSPS) is 10.8. The van der Waals surface area contributed by atoms with E-state index in [0.29, 0.717) is 35.3 Å². The zero-order valence-corrected chi connectivity index (χ0v) is 14.7. The molecule has 0 bridgehead atoms. The van der Waals surface area contributed by atoms with E-state index in [4.69, 9.17) is 25.5 Å². The molecule has 6 heteroatoms. The molecule has 1 heterocycles. The number of nitrogens with one attached hydrogen (secondary N) is 1. The van der Waals surface area contributed by atoms with Crippen molar-refractivity contribution in [3.8, 4) is 5.75 Å². The number of furan rings is 1. The summed E-state index contributed by atoms with van der Waals surface area (Å²) >= 11 is 6.02. The number of fused-ring (bicyclic) bond motifs is 1. The first kappa shape index (κ1) is 17.3. The van der Waals surface area contributed by atoms with Crippen LogP contribution in [-0.4, -0.2) is 19.6 Å². The zero-order chi connectivity index (χ0) is 17.8. The Hall–Kier alpha value is -2.50. The minimum absolute atomic E-state index is 0.219. The van der Waals surface area contributed by atoms with Gasteiger partial charge in [-0.1, -0.05) is 29.8 Å². The molecular weight excluding hydrogens is 342 g/mol. The Balaban J connectivity index is 1.98. The SMILES string of the molecule is CCOCc1c(C(=O)Nc2cc(Cl)ccc2OC)oc2ccccc12. The molecule has 25 heavy (non-hydrogen) atoms. The van der Waals surface area contributed by atoms with Crippen molar-refractivity contribution in [2.24, 2.45) is 0 Å². The highest BCUT2D eigenvalue weighted by Crippen LogP contribution is 2.31. The lowest BCUT2D eigenvalue weighted by Gasteiger charge is -2.10. The van der Waals surface area contributed by atoms with Gasteiger partial charge in [0.1, 0.15) is 11.3 Å². The number of halogens is 1. The zero-order valence-electron chi connectivity index (χ0n) is 14.0. The molecule has 3 rings (SSSR count). The van der Waals surface area contributed by atoms with Gasteiger partial charge in [-0.2, -0.15) is 0 Å². The quantitative estimate of drug-likeness (QED) is 0.681. The largest absolute Gasteiger partial charge is 0.495 e. The fraction of sp³-hybridized carbons (Fsp3) is 0.211. The number of para-hydroxylation sites is 1. The van der Waals surface area contributed by atoms with Gasteiger partial charge in [0.15, 0.2) is 5.76 Å².